The van der Waals surface area contributed by atoms with Gasteiger partial charge in [-0.2, -0.15) is 0 Å². The molecule has 0 bridgehead atoms. The van der Waals surface area contributed by atoms with Crippen molar-refractivity contribution in [1.29, 1.82) is 0 Å². The molecule has 2 aromatic rings. The van der Waals surface area contributed by atoms with Crippen LogP contribution in [-0.4, -0.2) is 4.98 Å². The number of hydrazine groups is 1. The number of rotatable bonds is 4. The lowest BCUT2D eigenvalue weighted by atomic mass is 10.0. The zero-order valence-electron chi connectivity index (χ0n) is 9.78. The first kappa shape index (κ1) is 13.1. The van der Waals surface area contributed by atoms with Crippen LogP contribution in [0.4, 0.5) is 8.78 Å². The van der Waals surface area contributed by atoms with Crippen LogP contribution >= 0.6 is 11.3 Å². The van der Waals surface area contributed by atoms with Gasteiger partial charge in [0.05, 0.1) is 11.0 Å². The number of hydrogen-bond donors (Lipinski definition) is 2. The van der Waals surface area contributed by atoms with Gasteiger partial charge in [-0.1, -0.05) is 6.07 Å². The molecule has 2 rings (SSSR count). The Labute approximate surface area is 108 Å². The van der Waals surface area contributed by atoms with Crippen molar-refractivity contribution in [2.45, 2.75) is 19.4 Å². The van der Waals surface area contributed by atoms with Crippen molar-refractivity contribution >= 4 is 11.3 Å². The molecular formula is C12H13F2N3S. The molecule has 0 amide bonds. The number of aryl methyl sites for hydroxylation is 1. The van der Waals surface area contributed by atoms with E-state index in [2.05, 4.69) is 10.4 Å². The fourth-order valence-electron chi connectivity index (χ4n) is 1.77. The van der Waals surface area contributed by atoms with Gasteiger partial charge in [0.2, 0.25) is 0 Å². The van der Waals surface area contributed by atoms with Crippen molar-refractivity contribution in [3.05, 3.63) is 51.5 Å². The second-order valence-corrected chi connectivity index (χ2v) is 4.92. The van der Waals surface area contributed by atoms with Crippen LogP contribution in [0.25, 0.3) is 0 Å². The van der Waals surface area contributed by atoms with Crippen molar-refractivity contribution < 1.29 is 8.78 Å². The normalized spacial score (nSPS) is 12.7. The zero-order chi connectivity index (χ0) is 13.1. The zero-order valence-corrected chi connectivity index (χ0v) is 10.6. The molecule has 0 saturated carbocycles. The first-order chi connectivity index (χ1) is 8.63. The minimum atomic E-state index is -0.629. The third-order valence-corrected chi connectivity index (χ3v) is 3.53. The number of thiazole rings is 1. The van der Waals surface area contributed by atoms with Gasteiger partial charge in [-0.05, 0) is 18.6 Å². The molecule has 1 heterocycles. The SMILES string of the molecule is Cc1ccc(F)c(C(Cc2nccs2)NN)c1F. The molecule has 0 fully saturated rings. The Morgan fingerprint density at radius 2 is 2.22 bits per heavy atom. The number of halogens is 2. The van der Waals surface area contributed by atoms with Crippen LogP contribution in [0.15, 0.2) is 23.7 Å². The second kappa shape index (κ2) is 5.51. The fourth-order valence-corrected chi connectivity index (χ4v) is 2.43. The van der Waals surface area contributed by atoms with E-state index in [-0.39, 0.29) is 5.56 Å². The highest BCUT2D eigenvalue weighted by Gasteiger charge is 2.21. The molecule has 1 aromatic heterocycles. The number of nitrogens with two attached hydrogens (primary N) is 1. The standard InChI is InChI=1S/C12H13F2N3S/c1-7-2-3-8(13)11(12(7)14)9(17-15)6-10-16-4-5-18-10/h2-5,9,17H,6,15H2,1H3. The van der Waals surface area contributed by atoms with Gasteiger partial charge < -0.3 is 0 Å². The molecule has 0 aliphatic heterocycles. The van der Waals surface area contributed by atoms with E-state index in [1.54, 1.807) is 13.1 Å². The summed E-state index contributed by atoms with van der Waals surface area (Å²) in [6.45, 7) is 1.59. The van der Waals surface area contributed by atoms with Crippen LogP contribution in [0.3, 0.4) is 0 Å². The van der Waals surface area contributed by atoms with Gasteiger partial charge in [-0.3, -0.25) is 11.3 Å². The van der Waals surface area contributed by atoms with E-state index in [0.29, 0.717) is 12.0 Å². The van der Waals surface area contributed by atoms with Gasteiger partial charge in [0, 0.05) is 23.6 Å². The number of aromatic nitrogens is 1. The summed E-state index contributed by atoms with van der Waals surface area (Å²) >= 11 is 1.43. The van der Waals surface area contributed by atoms with Gasteiger partial charge in [-0.15, -0.1) is 11.3 Å². The average Bonchev–Trinajstić information content (AvgIpc) is 2.86. The summed E-state index contributed by atoms with van der Waals surface area (Å²) in [6.07, 6.45) is 2.00. The molecule has 0 radical (unpaired) electrons. The summed E-state index contributed by atoms with van der Waals surface area (Å²) in [7, 11) is 0. The van der Waals surface area contributed by atoms with E-state index < -0.39 is 17.7 Å². The Morgan fingerprint density at radius 3 is 2.83 bits per heavy atom. The number of benzene rings is 1. The summed E-state index contributed by atoms with van der Waals surface area (Å²) in [6, 6.07) is 2.03. The maximum Gasteiger partial charge on any atom is 0.133 e. The van der Waals surface area contributed by atoms with Crippen LogP contribution in [0, 0.1) is 18.6 Å². The first-order valence-corrected chi connectivity index (χ1v) is 6.30. The molecule has 0 saturated heterocycles. The summed E-state index contributed by atoms with van der Waals surface area (Å²) in [4.78, 5) is 4.09. The van der Waals surface area contributed by atoms with Gasteiger partial charge in [-0.25, -0.2) is 13.8 Å². The van der Waals surface area contributed by atoms with E-state index in [1.807, 2.05) is 5.38 Å². The van der Waals surface area contributed by atoms with E-state index >= 15 is 0 Å². The smallest absolute Gasteiger partial charge is 0.133 e. The minimum Gasteiger partial charge on any atom is -0.271 e. The minimum absolute atomic E-state index is 0.0345. The molecular weight excluding hydrogens is 256 g/mol. The Kier molecular flexibility index (Phi) is 4.00. The van der Waals surface area contributed by atoms with Crippen LogP contribution < -0.4 is 11.3 Å². The van der Waals surface area contributed by atoms with E-state index in [4.69, 9.17) is 5.84 Å². The topological polar surface area (TPSA) is 50.9 Å². The lowest BCUT2D eigenvalue weighted by molar-refractivity contribution is 0.469. The highest BCUT2D eigenvalue weighted by Crippen LogP contribution is 2.26. The molecule has 3 nitrogen and oxygen atoms in total. The van der Waals surface area contributed by atoms with Gasteiger partial charge in [0.15, 0.2) is 0 Å². The van der Waals surface area contributed by atoms with E-state index in [9.17, 15) is 8.78 Å². The number of nitrogens with one attached hydrogen (secondary N) is 1. The van der Waals surface area contributed by atoms with Crippen molar-refractivity contribution in [3.8, 4) is 0 Å². The summed E-state index contributed by atoms with van der Waals surface area (Å²) in [5.41, 5.74) is 2.81. The predicted molar refractivity (Wildman–Crippen MR) is 67.0 cm³/mol. The molecule has 0 aliphatic rings. The number of nitrogens with zero attached hydrogens (tertiary/aromatic N) is 1. The molecule has 1 aromatic carbocycles. The predicted octanol–water partition coefficient (Wildman–Crippen LogP) is 2.48. The molecule has 0 aliphatic carbocycles. The molecule has 1 unspecified atom stereocenters. The van der Waals surface area contributed by atoms with Crippen LogP contribution in [0.1, 0.15) is 22.2 Å². The lowest BCUT2D eigenvalue weighted by Crippen LogP contribution is -2.31. The van der Waals surface area contributed by atoms with E-state index in [1.165, 1.54) is 23.5 Å². The largest absolute Gasteiger partial charge is 0.271 e. The molecule has 6 heteroatoms. The molecule has 3 N–H and O–H groups in total. The van der Waals surface area contributed by atoms with Crippen LogP contribution in [0.5, 0.6) is 0 Å². The summed E-state index contributed by atoms with van der Waals surface area (Å²) in [5, 5.41) is 2.59. The summed E-state index contributed by atoms with van der Waals surface area (Å²) in [5.74, 6) is 4.24. The second-order valence-electron chi connectivity index (χ2n) is 3.94. The van der Waals surface area contributed by atoms with Gasteiger partial charge >= 0.3 is 0 Å². The van der Waals surface area contributed by atoms with Crippen molar-refractivity contribution in [2.24, 2.45) is 5.84 Å². The maximum absolute atomic E-state index is 14.0. The monoisotopic (exact) mass is 269 g/mol. The quantitative estimate of drug-likeness (QED) is 0.662. The van der Waals surface area contributed by atoms with Crippen LogP contribution in [0.2, 0.25) is 0 Å². The highest BCUT2D eigenvalue weighted by molar-refractivity contribution is 7.09. The number of hydrogen-bond acceptors (Lipinski definition) is 4. The van der Waals surface area contributed by atoms with Gasteiger partial charge in [0.1, 0.15) is 11.6 Å². The van der Waals surface area contributed by atoms with Crippen molar-refractivity contribution in [1.82, 2.24) is 10.4 Å². The van der Waals surface area contributed by atoms with Crippen molar-refractivity contribution in [3.63, 3.8) is 0 Å². The first-order valence-electron chi connectivity index (χ1n) is 5.42. The third kappa shape index (κ3) is 2.55. The molecule has 96 valence electrons. The van der Waals surface area contributed by atoms with Crippen LogP contribution in [-0.2, 0) is 6.42 Å². The Balaban J connectivity index is 2.35. The summed E-state index contributed by atoms with van der Waals surface area (Å²) < 4.78 is 27.7. The average molecular weight is 269 g/mol. The maximum atomic E-state index is 14.0. The fraction of sp³-hybridized carbons (Fsp3) is 0.250. The Morgan fingerprint density at radius 1 is 1.44 bits per heavy atom. The third-order valence-electron chi connectivity index (χ3n) is 2.73. The van der Waals surface area contributed by atoms with E-state index in [0.717, 1.165) is 5.01 Å². The molecule has 18 heavy (non-hydrogen) atoms. The Bertz CT molecular complexity index is 528. The lowest BCUT2D eigenvalue weighted by Gasteiger charge is -2.17. The highest BCUT2D eigenvalue weighted by atomic mass is 32.1. The van der Waals surface area contributed by atoms with Gasteiger partial charge in [0.25, 0.3) is 0 Å². The molecule has 0 spiro atoms. The molecule has 1 atom stereocenters. The van der Waals surface area contributed by atoms with Crippen molar-refractivity contribution in [2.75, 3.05) is 0 Å². The Hall–Kier alpha value is -1.37.